The molecule has 2 aliphatic heterocycles. The number of nitrogens with one attached hydrogen (secondary N) is 3. The van der Waals surface area contributed by atoms with Crippen molar-refractivity contribution >= 4 is 40.1 Å². The van der Waals surface area contributed by atoms with E-state index in [0.29, 0.717) is 54.7 Å². The number of sulfonamides is 1. The van der Waals surface area contributed by atoms with E-state index in [-0.39, 0.29) is 25.5 Å². The molecule has 4 fully saturated rings. The highest BCUT2D eigenvalue weighted by Gasteiger charge is 2.62. The topological polar surface area (TPSA) is 208 Å². The Kier molecular flexibility index (Phi) is 11.5. The number of ether oxygens (including phenoxy) is 2. The predicted octanol–water partition coefficient (Wildman–Crippen LogP) is 3.71. The van der Waals surface area contributed by atoms with Crippen molar-refractivity contribution in [2.75, 3.05) is 13.7 Å². The molecule has 5 atom stereocenters. The van der Waals surface area contributed by atoms with Crippen LogP contribution in [0.2, 0.25) is 0 Å². The van der Waals surface area contributed by atoms with Crippen molar-refractivity contribution in [3.8, 4) is 17.1 Å². The zero-order valence-electron chi connectivity index (χ0n) is 30.8. The number of alkyl carbamates (subject to hydrolysis) is 1. The van der Waals surface area contributed by atoms with Crippen LogP contribution in [0, 0.1) is 5.92 Å². The Balaban J connectivity index is 1.14. The number of hydrogen-bond acceptors (Lipinski definition) is 12. The molecule has 3 N–H and O–H groups in total. The van der Waals surface area contributed by atoms with E-state index < -0.39 is 68.7 Å². The molecular weight excluding hydrogens is 733 g/mol. The Morgan fingerprint density at radius 3 is 2.60 bits per heavy atom. The summed E-state index contributed by atoms with van der Waals surface area (Å²) in [5.74, 6) is -1.29. The Labute approximate surface area is 319 Å². The molecule has 3 aliphatic carbocycles. The molecule has 296 valence electrons. The summed E-state index contributed by atoms with van der Waals surface area (Å²) in [7, 11) is -2.35. The van der Waals surface area contributed by atoms with E-state index >= 15 is 0 Å². The number of hydrogen-bond donors (Lipinski definition) is 3. The number of allylic oxidation sites excluding steroid dienone is 1. The standard InChI is InChI=1S/C38H48N6O10S/c1-51-27-13-16-30(33-17-18-39-54-33)24(19-27)22-40-53-28-20-32-34(45)42-38(36(47)43-55(49,50)29-14-15-29)21-25(38)9-5-3-2-4-6-12-31(35(46)44(32)23-28)41-37(48)52-26-10-7-8-11-26/h5,9,13,16-19,22,25-26,28-29,31-32H,2-4,6-8,10-12,14-15,20-21,23H2,1H3,(H,41,48)(H,42,45)(H,43,47)/b9-5-,40-22+/t25-,28-,31+,32+,38?/m1/s1. The molecule has 16 nitrogen and oxygen atoms in total. The lowest BCUT2D eigenvalue weighted by Crippen LogP contribution is -2.58. The number of fused-ring (bicyclic) bond motifs is 2. The molecule has 4 amide bonds. The van der Waals surface area contributed by atoms with Crippen LogP contribution in [0.15, 0.2) is 52.3 Å². The number of aromatic nitrogens is 1. The van der Waals surface area contributed by atoms with E-state index in [1.807, 2.05) is 12.2 Å². The number of methoxy groups -OCH3 is 1. The van der Waals surface area contributed by atoms with E-state index in [1.165, 1.54) is 17.3 Å². The zero-order chi connectivity index (χ0) is 38.6. The van der Waals surface area contributed by atoms with E-state index in [0.717, 1.165) is 38.5 Å². The van der Waals surface area contributed by atoms with Gasteiger partial charge < -0.3 is 34.4 Å². The Hall–Kier alpha value is -4.93. The molecule has 5 aliphatic rings. The summed E-state index contributed by atoms with van der Waals surface area (Å²) in [4.78, 5) is 62.8. The quantitative estimate of drug-likeness (QED) is 0.180. The largest absolute Gasteiger partial charge is 0.497 e. The van der Waals surface area contributed by atoms with Crippen molar-refractivity contribution < 1.29 is 46.4 Å². The molecule has 55 heavy (non-hydrogen) atoms. The molecule has 1 saturated heterocycles. The maximum atomic E-state index is 14.4. The van der Waals surface area contributed by atoms with Crippen LogP contribution in [-0.4, -0.2) is 97.2 Å². The predicted molar refractivity (Wildman–Crippen MR) is 198 cm³/mol. The van der Waals surface area contributed by atoms with Crippen LogP contribution in [0.4, 0.5) is 4.79 Å². The van der Waals surface area contributed by atoms with Gasteiger partial charge >= 0.3 is 6.09 Å². The van der Waals surface area contributed by atoms with Gasteiger partial charge in [0.05, 0.1) is 31.3 Å². The first-order chi connectivity index (χ1) is 26.6. The lowest BCUT2D eigenvalue weighted by molar-refractivity contribution is -0.141. The minimum Gasteiger partial charge on any atom is -0.497 e. The summed E-state index contributed by atoms with van der Waals surface area (Å²) in [5.41, 5.74) is -0.226. The Morgan fingerprint density at radius 1 is 1.05 bits per heavy atom. The van der Waals surface area contributed by atoms with Crippen molar-refractivity contribution in [1.29, 1.82) is 0 Å². The summed E-state index contributed by atoms with van der Waals surface area (Å²) >= 11 is 0. The van der Waals surface area contributed by atoms with Crippen LogP contribution in [0.5, 0.6) is 5.75 Å². The average Bonchev–Trinajstić information content (AvgIpc) is 3.90. The van der Waals surface area contributed by atoms with Crippen LogP contribution >= 0.6 is 0 Å². The third-order valence-corrected chi connectivity index (χ3v) is 12.9. The number of carbonyl (C=O) groups is 4. The fraction of sp³-hybridized carbons (Fsp3) is 0.579. The molecule has 7 rings (SSSR count). The molecule has 17 heteroatoms. The molecule has 1 aromatic heterocycles. The van der Waals surface area contributed by atoms with Crippen molar-refractivity contribution in [1.82, 2.24) is 25.4 Å². The minimum absolute atomic E-state index is 0.0137. The highest BCUT2D eigenvalue weighted by molar-refractivity contribution is 7.91. The van der Waals surface area contributed by atoms with Crippen molar-refractivity contribution in [3.63, 3.8) is 0 Å². The summed E-state index contributed by atoms with van der Waals surface area (Å²) in [6.45, 7) is -0.0459. The van der Waals surface area contributed by atoms with Crippen LogP contribution in [0.3, 0.4) is 0 Å². The van der Waals surface area contributed by atoms with Crippen LogP contribution in [0.25, 0.3) is 11.3 Å². The maximum Gasteiger partial charge on any atom is 0.408 e. The molecule has 0 radical (unpaired) electrons. The summed E-state index contributed by atoms with van der Waals surface area (Å²) in [5, 5.41) is 13.0. The smallest absolute Gasteiger partial charge is 0.408 e. The number of carbonyl (C=O) groups excluding carboxylic acids is 4. The Morgan fingerprint density at radius 2 is 1.85 bits per heavy atom. The third kappa shape index (κ3) is 8.97. The Bertz CT molecular complexity index is 1910. The zero-order valence-corrected chi connectivity index (χ0v) is 31.6. The van der Waals surface area contributed by atoms with Crippen molar-refractivity contribution in [2.45, 2.75) is 119 Å². The van der Waals surface area contributed by atoms with Crippen molar-refractivity contribution in [3.05, 3.63) is 48.2 Å². The van der Waals surface area contributed by atoms with Gasteiger partial charge in [0.2, 0.25) is 21.8 Å². The first kappa shape index (κ1) is 38.3. The molecule has 1 unspecified atom stereocenters. The lowest BCUT2D eigenvalue weighted by atomic mass is 10.0. The van der Waals surface area contributed by atoms with Gasteiger partial charge in [-0.25, -0.2) is 13.2 Å². The third-order valence-electron chi connectivity index (χ3n) is 11.1. The van der Waals surface area contributed by atoms with E-state index in [2.05, 4.69) is 25.7 Å². The molecule has 3 heterocycles. The highest BCUT2D eigenvalue weighted by Crippen LogP contribution is 2.46. The number of oxime groups is 1. The van der Waals surface area contributed by atoms with E-state index in [1.54, 1.807) is 31.4 Å². The van der Waals surface area contributed by atoms with Crippen molar-refractivity contribution in [2.24, 2.45) is 11.1 Å². The second kappa shape index (κ2) is 16.4. The normalized spacial score (nSPS) is 28.3. The summed E-state index contributed by atoms with van der Waals surface area (Å²) in [6.07, 6.45) is 13.0. The first-order valence-electron chi connectivity index (χ1n) is 19.2. The number of amides is 4. The van der Waals surface area contributed by atoms with Gasteiger partial charge in [-0.05, 0) is 82.4 Å². The molecule has 3 saturated carbocycles. The van der Waals surface area contributed by atoms with Gasteiger partial charge in [-0.3, -0.25) is 19.1 Å². The molecule has 1 aromatic carbocycles. The van der Waals surface area contributed by atoms with E-state index in [9.17, 15) is 27.6 Å². The van der Waals surface area contributed by atoms with Gasteiger partial charge in [-0.2, -0.15) is 0 Å². The number of nitrogens with zero attached hydrogens (tertiary/aromatic N) is 3. The van der Waals surface area contributed by atoms with E-state index in [4.69, 9.17) is 18.8 Å². The molecule has 0 bridgehead atoms. The molecule has 2 aromatic rings. The highest BCUT2D eigenvalue weighted by atomic mass is 32.2. The average molecular weight is 781 g/mol. The van der Waals surface area contributed by atoms with Crippen LogP contribution < -0.4 is 20.1 Å². The first-order valence-corrected chi connectivity index (χ1v) is 20.7. The second-order valence-electron chi connectivity index (χ2n) is 15.1. The fourth-order valence-electron chi connectivity index (χ4n) is 7.70. The molecular formula is C38H48N6O10S. The fourth-order valence-corrected chi connectivity index (χ4v) is 9.06. The van der Waals surface area contributed by atoms with Crippen LogP contribution in [0.1, 0.15) is 89.0 Å². The number of benzene rings is 1. The summed E-state index contributed by atoms with van der Waals surface area (Å²) in [6, 6.07) is 4.91. The van der Waals surface area contributed by atoms with Gasteiger partial charge in [0.25, 0.3) is 5.91 Å². The monoisotopic (exact) mass is 780 g/mol. The SMILES string of the molecule is COc1ccc(-c2ccno2)c(/C=N/O[C@@H]2C[C@H]3C(=O)NC4(C(=O)NS(=O)(=O)C5CC5)C[C@H]4/C=C\CCCCC[C@H](NC(=O)OC4CCCC4)C(=O)N3C2)c1. The summed E-state index contributed by atoms with van der Waals surface area (Å²) < 4.78 is 44.2. The maximum absolute atomic E-state index is 14.4. The van der Waals surface area contributed by atoms with Crippen LogP contribution in [-0.2, 0) is 34.0 Å². The van der Waals surface area contributed by atoms with Gasteiger partial charge in [-0.1, -0.05) is 35.3 Å². The lowest BCUT2D eigenvalue weighted by Gasteiger charge is -2.30. The minimum atomic E-state index is -3.89. The molecule has 0 spiro atoms. The number of rotatable bonds is 10. The second-order valence-corrected chi connectivity index (χ2v) is 17.0. The van der Waals surface area contributed by atoms with Gasteiger partial charge in [-0.15, -0.1) is 0 Å². The van der Waals surface area contributed by atoms with Gasteiger partial charge in [0.15, 0.2) is 5.76 Å². The van der Waals surface area contributed by atoms with Gasteiger partial charge in [0.1, 0.15) is 35.6 Å². The van der Waals surface area contributed by atoms with Gasteiger partial charge in [0, 0.05) is 29.5 Å².